The van der Waals surface area contributed by atoms with Crippen molar-refractivity contribution in [1.82, 2.24) is 5.32 Å². The number of carbonyl (C=O) groups excluding carboxylic acids is 2. The fraction of sp³-hybridized carbons (Fsp3) is 0.529. The zero-order chi connectivity index (χ0) is 15.5. The first kappa shape index (κ1) is 15.5. The van der Waals surface area contributed by atoms with Crippen molar-refractivity contribution in [2.45, 2.75) is 40.0 Å². The van der Waals surface area contributed by atoms with Gasteiger partial charge >= 0.3 is 0 Å². The minimum Gasteiger partial charge on any atom is -0.384 e. The van der Waals surface area contributed by atoms with E-state index in [1.54, 1.807) is 0 Å². The van der Waals surface area contributed by atoms with Crippen LogP contribution in [0, 0.1) is 5.41 Å². The van der Waals surface area contributed by atoms with Crippen molar-refractivity contribution in [1.29, 1.82) is 0 Å². The molecule has 1 aromatic rings. The van der Waals surface area contributed by atoms with E-state index in [1.807, 2.05) is 6.07 Å². The van der Waals surface area contributed by atoms with E-state index in [1.165, 1.54) is 5.56 Å². The van der Waals surface area contributed by atoms with Crippen molar-refractivity contribution in [2.24, 2.45) is 5.41 Å². The fourth-order valence-corrected chi connectivity index (χ4v) is 2.37. The third-order valence-corrected chi connectivity index (χ3v) is 3.46. The zero-order valence-electron chi connectivity index (χ0n) is 13.1. The molecule has 4 nitrogen and oxygen atoms in total. The highest BCUT2D eigenvalue weighted by Crippen LogP contribution is 2.26. The monoisotopic (exact) mass is 288 g/mol. The van der Waals surface area contributed by atoms with E-state index in [-0.39, 0.29) is 17.1 Å². The second-order valence-corrected chi connectivity index (χ2v) is 6.82. The van der Waals surface area contributed by atoms with Crippen LogP contribution in [-0.4, -0.2) is 24.8 Å². The Kier molecular flexibility index (Phi) is 4.66. The van der Waals surface area contributed by atoms with Gasteiger partial charge in [0.05, 0.1) is 0 Å². The zero-order valence-corrected chi connectivity index (χ0v) is 13.1. The van der Waals surface area contributed by atoms with Crippen LogP contribution in [-0.2, 0) is 11.2 Å². The first-order valence-electron chi connectivity index (χ1n) is 7.52. The molecule has 0 radical (unpaired) electrons. The Labute approximate surface area is 126 Å². The lowest BCUT2D eigenvalue weighted by molar-refractivity contribution is -0.125. The average Bonchev–Trinajstić information content (AvgIpc) is 2.36. The van der Waals surface area contributed by atoms with E-state index in [2.05, 4.69) is 43.5 Å². The third-order valence-electron chi connectivity index (χ3n) is 3.46. The number of ketones is 1. The molecule has 3 rings (SSSR count). The van der Waals surface area contributed by atoms with Crippen molar-refractivity contribution in [3.8, 4) is 0 Å². The molecule has 0 aliphatic carbocycles. The second kappa shape index (κ2) is 6.29. The molecule has 1 amide bonds. The van der Waals surface area contributed by atoms with E-state index >= 15 is 0 Å². The van der Waals surface area contributed by atoms with E-state index < -0.39 is 0 Å². The van der Waals surface area contributed by atoms with Crippen molar-refractivity contribution in [3.63, 3.8) is 0 Å². The number of benzene rings is 1. The van der Waals surface area contributed by atoms with Gasteiger partial charge in [-0.3, -0.25) is 9.59 Å². The van der Waals surface area contributed by atoms with Crippen LogP contribution in [0.25, 0.3) is 0 Å². The number of amides is 1. The topological polar surface area (TPSA) is 58.2 Å². The summed E-state index contributed by atoms with van der Waals surface area (Å²) in [4.78, 5) is 21.6. The number of nitrogens with one attached hydrogen (secondary N) is 2. The van der Waals surface area contributed by atoms with Gasteiger partial charge in [0.1, 0.15) is 0 Å². The van der Waals surface area contributed by atoms with Crippen LogP contribution < -0.4 is 10.6 Å². The summed E-state index contributed by atoms with van der Waals surface area (Å²) in [5.41, 5.74) is 3.38. The fourth-order valence-electron chi connectivity index (χ4n) is 2.37. The molecule has 1 saturated heterocycles. The molecule has 114 valence electrons. The molecule has 0 bridgehead atoms. The van der Waals surface area contributed by atoms with Crippen LogP contribution >= 0.6 is 0 Å². The molecule has 0 unspecified atom stereocenters. The van der Waals surface area contributed by atoms with Crippen LogP contribution in [0.2, 0.25) is 0 Å². The Hall–Kier alpha value is -1.84. The van der Waals surface area contributed by atoms with Crippen LogP contribution in [0.5, 0.6) is 0 Å². The maximum atomic E-state index is 11.8. The molecule has 1 fully saturated rings. The van der Waals surface area contributed by atoms with Gasteiger partial charge in [0.2, 0.25) is 5.91 Å². The minimum atomic E-state index is 0.185. The average molecular weight is 288 g/mol. The summed E-state index contributed by atoms with van der Waals surface area (Å²) in [5.74, 6) is 0.453. The minimum absolute atomic E-state index is 0.185. The largest absolute Gasteiger partial charge is 0.384 e. The van der Waals surface area contributed by atoms with E-state index in [4.69, 9.17) is 0 Å². The van der Waals surface area contributed by atoms with Gasteiger partial charge in [0.25, 0.3) is 0 Å². The summed E-state index contributed by atoms with van der Waals surface area (Å²) in [7, 11) is 0. The number of β-lactam (4-membered cyclic amide) rings is 1. The van der Waals surface area contributed by atoms with Crippen LogP contribution in [0.3, 0.4) is 0 Å². The van der Waals surface area contributed by atoms with Crippen LogP contribution in [0.1, 0.15) is 49.5 Å². The smallest absolute Gasteiger partial charge is 0.221 e. The summed E-state index contributed by atoms with van der Waals surface area (Å²) < 4.78 is 0. The highest BCUT2D eigenvalue weighted by Gasteiger charge is 2.18. The lowest BCUT2D eigenvalue weighted by Gasteiger charge is -2.21. The lowest BCUT2D eigenvalue weighted by atomic mass is 9.86. The maximum absolute atomic E-state index is 11.8. The summed E-state index contributed by atoms with van der Waals surface area (Å²) in [5, 5.41) is 5.83. The van der Waals surface area contributed by atoms with Crippen molar-refractivity contribution < 1.29 is 9.59 Å². The highest BCUT2D eigenvalue weighted by atomic mass is 16.2. The van der Waals surface area contributed by atoms with E-state index in [9.17, 15) is 9.59 Å². The normalized spacial score (nSPS) is 16.7. The first-order chi connectivity index (χ1) is 9.85. The molecule has 2 heterocycles. The quantitative estimate of drug-likeness (QED) is 0.781. The van der Waals surface area contributed by atoms with Gasteiger partial charge in [-0.15, -0.1) is 0 Å². The predicted molar refractivity (Wildman–Crippen MR) is 84.7 cm³/mol. The Balaban J connectivity index is 0.000000272. The number of hydrogen-bond acceptors (Lipinski definition) is 3. The Morgan fingerprint density at radius 1 is 1.05 bits per heavy atom. The number of rotatable bonds is 1. The molecule has 0 aromatic heterocycles. The summed E-state index contributed by atoms with van der Waals surface area (Å²) in [6.07, 6.45) is 2.36. The Morgan fingerprint density at radius 2 is 1.67 bits per heavy atom. The number of fused-ring (bicyclic) bond motifs is 1. The number of Topliss-reactive ketones (excluding diaryl/α,β-unsaturated/α-hetero) is 1. The molecular weight excluding hydrogens is 264 g/mol. The molecule has 4 heteroatoms. The SMILES string of the molecule is CC(C)(C)Cc1ccc2c(c1)C(=O)CCN2.O=C1CCN1. The molecule has 2 aliphatic rings. The third kappa shape index (κ3) is 4.59. The van der Waals surface area contributed by atoms with Crippen molar-refractivity contribution >= 4 is 17.4 Å². The van der Waals surface area contributed by atoms with Gasteiger partial charge < -0.3 is 10.6 Å². The summed E-state index contributed by atoms with van der Waals surface area (Å²) >= 11 is 0. The second-order valence-electron chi connectivity index (χ2n) is 6.82. The molecule has 1 aromatic carbocycles. The number of carbonyl (C=O) groups is 2. The first-order valence-corrected chi connectivity index (χ1v) is 7.52. The standard InChI is InChI=1S/C14H19NO.C3H5NO/c1-14(2,3)9-10-4-5-12-11(8-10)13(16)6-7-15-12;5-3-1-2-4-3/h4-5,8,15H,6-7,9H2,1-3H3;1-2H2,(H,4,5). The van der Waals surface area contributed by atoms with Crippen molar-refractivity contribution in [3.05, 3.63) is 29.3 Å². The molecule has 0 spiro atoms. The summed E-state index contributed by atoms with van der Waals surface area (Å²) in [6.45, 7) is 8.30. The molecule has 0 saturated carbocycles. The van der Waals surface area contributed by atoms with Gasteiger partial charge in [-0.25, -0.2) is 0 Å². The van der Waals surface area contributed by atoms with Gasteiger partial charge in [0.15, 0.2) is 5.78 Å². The lowest BCUT2D eigenvalue weighted by Crippen LogP contribution is -2.37. The summed E-state index contributed by atoms with van der Waals surface area (Å²) in [6, 6.07) is 6.21. The van der Waals surface area contributed by atoms with Gasteiger partial charge in [-0.05, 0) is 29.5 Å². The molecule has 2 N–H and O–H groups in total. The highest BCUT2D eigenvalue weighted by molar-refractivity contribution is 6.03. The van der Waals surface area contributed by atoms with Gasteiger partial charge in [-0.2, -0.15) is 0 Å². The molecular formula is C17H24N2O2. The molecule has 2 aliphatic heterocycles. The van der Waals surface area contributed by atoms with Crippen LogP contribution in [0.15, 0.2) is 18.2 Å². The predicted octanol–water partition coefficient (Wildman–Crippen LogP) is 2.78. The van der Waals surface area contributed by atoms with E-state index in [0.29, 0.717) is 6.42 Å². The molecule has 21 heavy (non-hydrogen) atoms. The van der Waals surface area contributed by atoms with Gasteiger partial charge in [0, 0.05) is 37.2 Å². The maximum Gasteiger partial charge on any atom is 0.221 e. The van der Waals surface area contributed by atoms with E-state index in [0.717, 1.165) is 37.2 Å². The Morgan fingerprint density at radius 3 is 2.19 bits per heavy atom. The number of anilines is 1. The van der Waals surface area contributed by atoms with Gasteiger partial charge in [-0.1, -0.05) is 26.8 Å². The molecule has 0 atom stereocenters. The number of hydrogen-bond donors (Lipinski definition) is 2. The van der Waals surface area contributed by atoms with Crippen molar-refractivity contribution in [2.75, 3.05) is 18.4 Å². The Bertz CT molecular complexity index is 538. The van der Waals surface area contributed by atoms with Crippen LogP contribution in [0.4, 0.5) is 5.69 Å².